The normalized spacial score (nSPS) is 23.4. The fourth-order valence-electron chi connectivity index (χ4n) is 1.98. The van der Waals surface area contributed by atoms with Gasteiger partial charge in [-0.05, 0) is 38.5 Å². The van der Waals surface area contributed by atoms with Crippen LogP contribution in [0.4, 0.5) is 0 Å². The van der Waals surface area contributed by atoms with Gasteiger partial charge in [0.25, 0.3) is 0 Å². The Kier molecular flexibility index (Phi) is 4.05. The Morgan fingerprint density at radius 2 is 2.06 bits per heavy atom. The maximum Gasteiger partial charge on any atom is 0.237 e. The van der Waals surface area contributed by atoms with Gasteiger partial charge in [0, 0.05) is 19.3 Å². The van der Waals surface area contributed by atoms with E-state index < -0.39 is 5.54 Å². The average molecular weight is 240 g/mol. The Morgan fingerprint density at radius 1 is 1.35 bits per heavy atom. The van der Waals surface area contributed by atoms with E-state index in [4.69, 9.17) is 10.5 Å². The van der Waals surface area contributed by atoms with E-state index in [1.165, 1.54) is 19.3 Å². The number of rotatable bonds is 9. The number of hydrogen-bond acceptors (Lipinski definition) is 3. The highest BCUT2D eigenvalue weighted by Crippen LogP contribution is 2.32. The number of primary amides is 1. The molecule has 2 aliphatic carbocycles. The van der Waals surface area contributed by atoms with Crippen LogP contribution in [-0.2, 0) is 9.53 Å². The van der Waals surface area contributed by atoms with Gasteiger partial charge in [0.2, 0.25) is 5.91 Å². The Labute approximate surface area is 103 Å². The zero-order valence-electron chi connectivity index (χ0n) is 10.7. The number of carbonyl (C=O) groups excluding carboxylic acids is 1. The molecule has 2 aliphatic rings. The van der Waals surface area contributed by atoms with Gasteiger partial charge in [-0.25, -0.2) is 0 Å². The van der Waals surface area contributed by atoms with Gasteiger partial charge in [0.05, 0.1) is 5.54 Å². The summed E-state index contributed by atoms with van der Waals surface area (Å²) in [5.41, 5.74) is 4.87. The average Bonchev–Trinajstić information content (AvgIpc) is 3.11. The molecule has 1 atom stereocenters. The number of amides is 1. The number of hydrogen-bond donors (Lipinski definition) is 2. The van der Waals surface area contributed by atoms with Crippen LogP contribution in [0.3, 0.4) is 0 Å². The first-order chi connectivity index (χ1) is 8.10. The molecule has 98 valence electrons. The van der Waals surface area contributed by atoms with Gasteiger partial charge in [-0.2, -0.15) is 0 Å². The summed E-state index contributed by atoms with van der Waals surface area (Å²) in [6, 6.07) is 0.485. The molecule has 0 aromatic carbocycles. The summed E-state index contributed by atoms with van der Waals surface area (Å²) >= 11 is 0. The van der Waals surface area contributed by atoms with Crippen molar-refractivity contribution in [3.63, 3.8) is 0 Å². The van der Waals surface area contributed by atoms with E-state index in [-0.39, 0.29) is 5.91 Å². The van der Waals surface area contributed by atoms with Gasteiger partial charge in [0.15, 0.2) is 0 Å². The summed E-state index contributed by atoms with van der Waals surface area (Å²) in [6.45, 7) is 3.33. The lowest BCUT2D eigenvalue weighted by molar-refractivity contribution is -0.124. The third kappa shape index (κ3) is 4.28. The van der Waals surface area contributed by atoms with Crippen molar-refractivity contribution in [3.05, 3.63) is 0 Å². The van der Waals surface area contributed by atoms with Crippen LogP contribution in [0.1, 0.15) is 45.4 Å². The van der Waals surface area contributed by atoms with E-state index in [0.717, 1.165) is 25.4 Å². The number of nitrogens with one attached hydrogen (secondary N) is 1. The van der Waals surface area contributed by atoms with Gasteiger partial charge < -0.3 is 15.8 Å². The van der Waals surface area contributed by atoms with Gasteiger partial charge in [-0.15, -0.1) is 0 Å². The molecular formula is C13H24N2O2. The molecule has 2 rings (SSSR count). The van der Waals surface area contributed by atoms with Crippen molar-refractivity contribution in [1.82, 2.24) is 5.32 Å². The number of carbonyl (C=O) groups is 1. The lowest BCUT2D eigenvalue weighted by Crippen LogP contribution is -2.54. The molecule has 0 spiro atoms. The molecule has 0 aromatic heterocycles. The molecule has 2 fully saturated rings. The first-order valence-corrected chi connectivity index (χ1v) is 6.75. The smallest absolute Gasteiger partial charge is 0.237 e. The fourth-order valence-corrected chi connectivity index (χ4v) is 1.98. The van der Waals surface area contributed by atoms with Crippen LogP contribution in [0.25, 0.3) is 0 Å². The summed E-state index contributed by atoms with van der Waals surface area (Å²) in [7, 11) is 0. The lowest BCUT2D eigenvalue weighted by Gasteiger charge is -2.27. The van der Waals surface area contributed by atoms with Gasteiger partial charge in [-0.1, -0.05) is 12.8 Å². The third-order valence-electron chi connectivity index (χ3n) is 3.76. The Morgan fingerprint density at radius 3 is 2.59 bits per heavy atom. The quantitative estimate of drug-likeness (QED) is 0.595. The predicted octanol–water partition coefficient (Wildman–Crippen LogP) is 1.19. The van der Waals surface area contributed by atoms with Crippen LogP contribution in [0.15, 0.2) is 0 Å². The highest BCUT2D eigenvalue weighted by molar-refractivity contribution is 5.84. The number of ether oxygens (including phenoxy) is 1. The fraction of sp³-hybridized carbons (Fsp3) is 0.923. The van der Waals surface area contributed by atoms with Gasteiger partial charge in [0.1, 0.15) is 0 Å². The van der Waals surface area contributed by atoms with Crippen LogP contribution in [0.2, 0.25) is 0 Å². The largest absolute Gasteiger partial charge is 0.381 e. The molecule has 0 aliphatic heterocycles. The maximum absolute atomic E-state index is 11.5. The standard InChI is InChI=1S/C13H24N2O2/c1-13(12(14)16,15-11-4-5-11)7-9-17-8-6-10-2-3-10/h10-11,15H,2-9H2,1H3,(H2,14,16). The van der Waals surface area contributed by atoms with Crippen LogP contribution in [0, 0.1) is 5.92 Å². The van der Waals surface area contributed by atoms with Crippen molar-refractivity contribution in [2.75, 3.05) is 13.2 Å². The van der Waals surface area contributed by atoms with Crippen molar-refractivity contribution in [1.29, 1.82) is 0 Å². The Hall–Kier alpha value is -0.610. The Bertz CT molecular complexity index is 275. The molecule has 4 nitrogen and oxygen atoms in total. The zero-order valence-corrected chi connectivity index (χ0v) is 10.7. The minimum absolute atomic E-state index is 0.268. The Balaban J connectivity index is 1.62. The molecular weight excluding hydrogens is 216 g/mol. The molecule has 0 heterocycles. The predicted molar refractivity (Wildman–Crippen MR) is 66.5 cm³/mol. The molecule has 3 N–H and O–H groups in total. The monoisotopic (exact) mass is 240 g/mol. The minimum Gasteiger partial charge on any atom is -0.381 e. The van der Waals surface area contributed by atoms with Crippen LogP contribution in [-0.4, -0.2) is 30.7 Å². The molecule has 0 radical (unpaired) electrons. The first-order valence-electron chi connectivity index (χ1n) is 6.75. The van der Waals surface area contributed by atoms with E-state index >= 15 is 0 Å². The van der Waals surface area contributed by atoms with Crippen molar-refractivity contribution < 1.29 is 9.53 Å². The summed E-state index contributed by atoms with van der Waals surface area (Å²) in [5.74, 6) is 0.636. The van der Waals surface area contributed by atoms with E-state index in [1.54, 1.807) is 0 Å². The highest BCUT2D eigenvalue weighted by Gasteiger charge is 2.36. The van der Waals surface area contributed by atoms with Gasteiger partial charge in [-0.3, -0.25) is 4.79 Å². The van der Waals surface area contributed by atoms with Crippen LogP contribution in [0.5, 0.6) is 0 Å². The molecule has 17 heavy (non-hydrogen) atoms. The molecule has 4 heteroatoms. The summed E-state index contributed by atoms with van der Waals surface area (Å²) in [4.78, 5) is 11.5. The molecule has 0 bridgehead atoms. The van der Waals surface area contributed by atoms with Crippen molar-refractivity contribution in [2.24, 2.45) is 11.7 Å². The molecule has 1 unspecified atom stereocenters. The minimum atomic E-state index is -0.596. The second-order valence-electron chi connectivity index (χ2n) is 5.71. The first kappa shape index (κ1) is 12.8. The lowest BCUT2D eigenvalue weighted by atomic mass is 9.97. The second kappa shape index (κ2) is 5.36. The second-order valence-corrected chi connectivity index (χ2v) is 5.71. The van der Waals surface area contributed by atoms with Crippen molar-refractivity contribution >= 4 is 5.91 Å². The molecule has 1 amide bonds. The van der Waals surface area contributed by atoms with E-state index in [9.17, 15) is 4.79 Å². The van der Waals surface area contributed by atoms with E-state index in [1.807, 2.05) is 6.92 Å². The van der Waals surface area contributed by atoms with E-state index in [0.29, 0.717) is 19.1 Å². The summed E-state index contributed by atoms with van der Waals surface area (Å²) < 4.78 is 5.58. The van der Waals surface area contributed by atoms with Crippen molar-refractivity contribution in [3.8, 4) is 0 Å². The van der Waals surface area contributed by atoms with E-state index in [2.05, 4.69) is 5.32 Å². The van der Waals surface area contributed by atoms with Crippen LogP contribution >= 0.6 is 0 Å². The van der Waals surface area contributed by atoms with Gasteiger partial charge >= 0.3 is 0 Å². The topological polar surface area (TPSA) is 64.3 Å². The molecule has 0 saturated heterocycles. The SMILES string of the molecule is CC(CCOCCC1CC1)(NC1CC1)C(N)=O. The zero-order chi connectivity index (χ0) is 12.3. The summed E-state index contributed by atoms with van der Waals surface area (Å²) in [5, 5.41) is 3.32. The molecule has 2 saturated carbocycles. The third-order valence-corrected chi connectivity index (χ3v) is 3.76. The van der Waals surface area contributed by atoms with Crippen LogP contribution < -0.4 is 11.1 Å². The summed E-state index contributed by atoms with van der Waals surface area (Å²) in [6.07, 6.45) is 6.89. The maximum atomic E-state index is 11.5. The highest BCUT2D eigenvalue weighted by atomic mass is 16.5. The molecule has 0 aromatic rings. The van der Waals surface area contributed by atoms with Crippen molar-refractivity contribution in [2.45, 2.75) is 57.0 Å². The number of nitrogens with two attached hydrogens (primary N) is 1.